The van der Waals surface area contributed by atoms with Crippen LogP contribution in [-0.4, -0.2) is 31.1 Å². The lowest BCUT2D eigenvalue weighted by molar-refractivity contribution is 0.0952. The maximum atomic E-state index is 12.1. The lowest BCUT2D eigenvalue weighted by Gasteiger charge is -2.10. The fraction of sp³-hybridized carbons (Fsp3) is 0.400. The van der Waals surface area contributed by atoms with Gasteiger partial charge in [-0.15, -0.1) is 0 Å². The Labute approximate surface area is 149 Å². The van der Waals surface area contributed by atoms with Gasteiger partial charge in [0.05, 0.1) is 18.4 Å². The highest BCUT2D eigenvalue weighted by atomic mass is 16.5. The van der Waals surface area contributed by atoms with E-state index in [0.717, 1.165) is 49.2 Å². The van der Waals surface area contributed by atoms with E-state index in [9.17, 15) is 4.79 Å². The molecule has 1 amide bonds. The molecule has 0 fully saturated rings. The number of unbranched alkanes of at least 4 members (excludes halogenated alkanes) is 2. The van der Waals surface area contributed by atoms with Gasteiger partial charge >= 0.3 is 0 Å². The Bertz CT molecular complexity index is 673. The fourth-order valence-electron chi connectivity index (χ4n) is 2.59. The molecule has 0 atom stereocenters. The van der Waals surface area contributed by atoms with Gasteiger partial charge in [-0.1, -0.05) is 38.0 Å². The Morgan fingerprint density at radius 2 is 2.00 bits per heavy atom. The molecule has 1 aromatic carbocycles. The quantitative estimate of drug-likeness (QED) is 0.647. The van der Waals surface area contributed by atoms with E-state index in [0.29, 0.717) is 12.1 Å². The number of amides is 1. The Balaban J connectivity index is 1.85. The molecule has 134 valence electrons. The van der Waals surface area contributed by atoms with Gasteiger partial charge in [0, 0.05) is 25.5 Å². The van der Waals surface area contributed by atoms with Crippen molar-refractivity contribution in [3.05, 3.63) is 53.9 Å². The van der Waals surface area contributed by atoms with Crippen LogP contribution in [0.1, 0.15) is 42.1 Å². The van der Waals surface area contributed by atoms with Crippen molar-refractivity contribution in [1.82, 2.24) is 10.3 Å². The molecule has 0 radical (unpaired) electrons. The number of hydrogen-bond donors (Lipinski definition) is 2. The lowest BCUT2D eigenvalue weighted by Crippen LogP contribution is -2.24. The maximum Gasteiger partial charge on any atom is 0.252 e. The number of para-hydroxylation sites is 1. The largest absolute Gasteiger partial charge is 0.496 e. The molecule has 0 aliphatic rings. The summed E-state index contributed by atoms with van der Waals surface area (Å²) in [6.45, 7) is 3.59. The van der Waals surface area contributed by atoms with Crippen molar-refractivity contribution in [2.45, 2.75) is 32.6 Å². The predicted molar refractivity (Wildman–Crippen MR) is 101 cm³/mol. The minimum absolute atomic E-state index is 0.0722. The molecule has 5 heteroatoms. The Hall–Kier alpha value is -2.56. The molecule has 2 rings (SSSR count). The first kappa shape index (κ1) is 18.8. The third kappa shape index (κ3) is 6.10. The number of methoxy groups -OCH3 is 1. The second kappa shape index (κ2) is 10.3. The summed E-state index contributed by atoms with van der Waals surface area (Å²) in [5.74, 6) is 0.819. The molecule has 1 aromatic heterocycles. The van der Waals surface area contributed by atoms with Crippen molar-refractivity contribution in [2.75, 3.05) is 25.5 Å². The van der Waals surface area contributed by atoms with Crippen molar-refractivity contribution < 1.29 is 9.53 Å². The van der Waals surface area contributed by atoms with Crippen molar-refractivity contribution in [3.63, 3.8) is 0 Å². The summed E-state index contributed by atoms with van der Waals surface area (Å²) in [6.07, 6.45) is 7.44. The van der Waals surface area contributed by atoms with E-state index in [1.807, 2.05) is 24.3 Å². The molecule has 5 nitrogen and oxygen atoms in total. The van der Waals surface area contributed by atoms with E-state index in [-0.39, 0.29) is 5.91 Å². The van der Waals surface area contributed by atoms with Crippen molar-refractivity contribution >= 4 is 11.6 Å². The van der Waals surface area contributed by atoms with Crippen LogP contribution in [0.2, 0.25) is 0 Å². The molecule has 2 aromatic rings. The van der Waals surface area contributed by atoms with Gasteiger partial charge in [-0.2, -0.15) is 0 Å². The number of nitrogens with zero attached hydrogens (tertiary/aromatic N) is 1. The number of anilines is 1. The van der Waals surface area contributed by atoms with Crippen molar-refractivity contribution in [3.8, 4) is 5.75 Å². The normalized spacial score (nSPS) is 10.3. The van der Waals surface area contributed by atoms with Crippen molar-refractivity contribution in [2.24, 2.45) is 0 Å². The van der Waals surface area contributed by atoms with Gasteiger partial charge in [-0.05, 0) is 30.5 Å². The van der Waals surface area contributed by atoms with Gasteiger partial charge in [0.2, 0.25) is 0 Å². The van der Waals surface area contributed by atoms with E-state index in [2.05, 4.69) is 28.6 Å². The summed E-state index contributed by atoms with van der Waals surface area (Å²) in [6, 6.07) is 9.81. The van der Waals surface area contributed by atoms with Crippen LogP contribution in [0.4, 0.5) is 5.69 Å². The summed E-state index contributed by atoms with van der Waals surface area (Å²) in [5, 5.41) is 6.25. The molecule has 0 unspecified atom stereocenters. The highest BCUT2D eigenvalue weighted by Gasteiger charge is 2.07. The average molecular weight is 341 g/mol. The Morgan fingerprint density at radius 3 is 2.80 bits per heavy atom. The number of hydrogen-bond acceptors (Lipinski definition) is 4. The zero-order valence-corrected chi connectivity index (χ0v) is 15.0. The number of carbonyl (C=O) groups excluding carboxylic acids is 1. The van der Waals surface area contributed by atoms with Gasteiger partial charge in [-0.25, -0.2) is 0 Å². The average Bonchev–Trinajstić information content (AvgIpc) is 2.65. The van der Waals surface area contributed by atoms with Gasteiger partial charge < -0.3 is 15.4 Å². The fourth-order valence-corrected chi connectivity index (χ4v) is 2.59. The van der Waals surface area contributed by atoms with E-state index >= 15 is 0 Å². The minimum Gasteiger partial charge on any atom is -0.496 e. The summed E-state index contributed by atoms with van der Waals surface area (Å²) in [7, 11) is 1.68. The second-order valence-corrected chi connectivity index (χ2v) is 5.91. The van der Waals surface area contributed by atoms with E-state index in [1.54, 1.807) is 19.5 Å². The SMILES string of the molecule is CCCCCNC(=O)c1cncc(NCCc2ccccc2OC)c1. The van der Waals surface area contributed by atoms with Gasteiger partial charge in [0.1, 0.15) is 5.75 Å². The molecule has 0 saturated heterocycles. The van der Waals surface area contributed by atoms with Crippen LogP contribution in [0.15, 0.2) is 42.7 Å². The van der Waals surface area contributed by atoms with Crippen molar-refractivity contribution in [1.29, 1.82) is 0 Å². The van der Waals surface area contributed by atoms with Crippen LogP contribution in [0.25, 0.3) is 0 Å². The zero-order valence-electron chi connectivity index (χ0n) is 15.0. The van der Waals surface area contributed by atoms with Gasteiger partial charge in [0.15, 0.2) is 0 Å². The first-order valence-electron chi connectivity index (χ1n) is 8.83. The molecule has 0 aliphatic heterocycles. The summed E-state index contributed by atoms with van der Waals surface area (Å²) < 4.78 is 5.36. The maximum absolute atomic E-state index is 12.1. The molecule has 0 aliphatic carbocycles. The zero-order chi connectivity index (χ0) is 17.9. The summed E-state index contributed by atoms with van der Waals surface area (Å²) in [4.78, 5) is 16.3. The summed E-state index contributed by atoms with van der Waals surface area (Å²) in [5.41, 5.74) is 2.57. The third-order valence-electron chi connectivity index (χ3n) is 3.98. The number of carbonyl (C=O) groups is 1. The highest BCUT2D eigenvalue weighted by Crippen LogP contribution is 2.18. The van der Waals surface area contributed by atoms with Crippen LogP contribution in [0, 0.1) is 0 Å². The Morgan fingerprint density at radius 1 is 1.16 bits per heavy atom. The topological polar surface area (TPSA) is 63.2 Å². The first-order valence-corrected chi connectivity index (χ1v) is 8.83. The number of nitrogens with one attached hydrogen (secondary N) is 2. The molecule has 0 saturated carbocycles. The predicted octanol–water partition coefficient (Wildman–Crippen LogP) is 3.66. The standard InChI is InChI=1S/C20H27N3O2/c1-3-4-7-11-23-20(24)17-13-18(15-21-14-17)22-12-10-16-8-5-6-9-19(16)25-2/h5-6,8-9,13-15,22H,3-4,7,10-12H2,1-2H3,(H,23,24). The van der Waals surface area contributed by atoms with E-state index in [4.69, 9.17) is 4.74 Å². The molecule has 25 heavy (non-hydrogen) atoms. The van der Waals surface area contributed by atoms with Crippen LogP contribution in [0.3, 0.4) is 0 Å². The van der Waals surface area contributed by atoms with E-state index < -0.39 is 0 Å². The number of ether oxygens (including phenoxy) is 1. The highest BCUT2D eigenvalue weighted by molar-refractivity contribution is 5.94. The summed E-state index contributed by atoms with van der Waals surface area (Å²) >= 11 is 0. The minimum atomic E-state index is -0.0722. The number of aromatic nitrogens is 1. The number of pyridine rings is 1. The van der Waals surface area contributed by atoms with Gasteiger partial charge in [0.25, 0.3) is 5.91 Å². The molecule has 0 spiro atoms. The molecule has 2 N–H and O–H groups in total. The van der Waals surface area contributed by atoms with Crippen LogP contribution in [0.5, 0.6) is 5.75 Å². The number of rotatable bonds is 10. The van der Waals surface area contributed by atoms with E-state index in [1.165, 1.54) is 0 Å². The monoisotopic (exact) mass is 341 g/mol. The number of benzene rings is 1. The third-order valence-corrected chi connectivity index (χ3v) is 3.98. The van der Waals surface area contributed by atoms with Gasteiger partial charge in [-0.3, -0.25) is 9.78 Å². The Kier molecular flexibility index (Phi) is 7.76. The smallest absolute Gasteiger partial charge is 0.252 e. The first-order chi connectivity index (χ1) is 12.2. The second-order valence-electron chi connectivity index (χ2n) is 5.91. The van der Waals surface area contributed by atoms with Crippen LogP contribution in [-0.2, 0) is 6.42 Å². The molecule has 1 heterocycles. The van der Waals surface area contributed by atoms with Crippen LogP contribution >= 0.6 is 0 Å². The molecular formula is C20H27N3O2. The lowest BCUT2D eigenvalue weighted by atomic mass is 10.1. The van der Waals surface area contributed by atoms with Crippen LogP contribution < -0.4 is 15.4 Å². The molecule has 0 bridgehead atoms. The molecular weight excluding hydrogens is 314 g/mol.